The van der Waals surface area contributed by atoms with Crippen molar-refractivity contribution in [3.05, 3.63) is 31.4 Å². The average molecular weight is 379 g/mol. The van der Waals surface area contributed by atoms with Gasteiger partial charge in [0.2, 0.25) is 0 Å². The maximum Gasteiger partial charge on any atom is 0.261 e. The summed E-state index contributed by atoms with van der Waals surface area (Å²) in [6, 6.07) is 1.85. The quantitative estimate of drug-likeness (QED) is 0.778. The molecule has 17 heavy (non-hydrogen) atoms. The fourth-order valence-corrected chi connectivity index (χ4v) is 3.78. The fraction of sp³-hybridized carbons (Fsp3) is 0.417. The highest BCUT2D eigenvalue weighted by atomic mass is 79.9. The van der Waals surface area contributed by atoms with Gasteiger partial charge in [0.1, 0.15) is 0 Å². The summed E-state index contributed by atoms with van der Waals surface area (Å²) >= 11 is 8.23. The molecular weight excluding hydrogens is 366 g/mol. The number of halogens is 2. The minimum Gasteiger partial charge on any atom is -0.351 e. The van der Waals surface area contributed by atoms with Crippen LogP contribution >= 0.6 is 43.2 Å². The summed E-state index contributed by atoms with van der Waals surface area (Å²) in [6.07, 6.45) is 7.81. The van der Waals surface area contributed by atoms with Crippen LogP contribution in [-0.2, 0) is 0 Å². The predicted octanol–water partition coefficient (Wildman–Crippen LogP) is 4.36. The Balaban J connectivity index is 1.86. The van der Waals surface area contributed by atoms with Crippen LogP contribution in [0.15, 0.2) is 26.5 Å². The number of amides is 1. The van der Waals surface area contributed by atoms with Gasteiger partial charge in [-0.2, -0.15) is 0 Å². The molecule has 1 aromatic heterocycles. The molecule has 0 fully saturated rings. The Morgan fingerprint density at radius 1 is 1.47 bits per heavy atom. The molecule has 2 rings (SSSR count). The van der Waals surface area contributed by atoms with E-state index >= 15 is 0 Å². The van der Waals surface area contributed by atoms with Gasteiger partial charge in [0.05, 0.1) is 8.66 Å². The molecule has 1 amide bonds. The Morgan fingerprint density at radius 3 is 2.88 bits per heavy atom. The Kier molecular flexibility index (Phi) is 4.82. The van der Waals surface area contributed by atoms with Crippen molar-refractivity contribution in [2.75, 3.05) is 6.54 Å². The number of hydrogen-bond donors (Lipinski definition) is 1. The number of carbonyl (C=O) groups is 1. The zero-order valence-corrected chi connectivity index (χ0v) is 13.2. The molecule has 1 heterocycles. The van der Waals surface area contributed by atoms with Crippen LogP contribution < -0.4 is 5.32 Å². The lowest BCUT2D eigenvalue weighted by molar-refractivity contribution is 0.0950. The third-order valence-corrected chi connectivity index (χ3v) is 6.05. The summed E-state index contributed by atoms with van der Waals surface area (Å²) in [5.41, 5.74) is 0. The molecule has 2 nitrogen and oxygen atoms in total. The third kappa shape index (κ3) is 3.66. The van der Waals surface area contributed by atoms with E-state index in [9.17, 15) is 4.79 Å². The summed E-state index contributed by atoms with van der Waals surface area (Å²) in [7, 11) is 0. The van der Waals surface area contributed by atoms with Crippen LogP contribution in [0.1, 0.15) is 28.9 Å². The standard InChI is InChI=1S/C12H13Br2NOS/c13-9-6-10(17-11(9)14)12(16)15-7-8-4-2-1-3-5-8/h1-2,6,8H,3-5,7H2,(H,15,16). The maximum atomic E-state index is 11.9. The number of hydrogen-bond acceptors (Lipinski definition) is 2. The van der Waals surface area contributed by atoms with Crippen molar-refractivity contribution in [3.63, 3.8) is 0 Å². The van der Waals surface area contributed by atoms with E-state index in [1.54, 1.807) is 0 Å². The van der Waals surface area contributed by atoms with E-state index in [2.05, 4.69) is 49.3 Å². The zero-order valence-electron chi connectivity index (χ0n) is 9.21. The highest BCUT2D eigenvalue weighted by Gasteiger charge is 2.14. The molecule has 0 aliphatic heterocycles. The van der Waals surface area contributed by atoms with Gasteiger partial charge in [-0.25, -0.2) is 0 Å². The van der Waals surface area contributed by atoms with Crippen LogP contribution in [0, 0.1) is 5.92 Å². The van der Waals surface area contributed by atoms with Gasteiger partial charge >= 0.3 is 0 Å². The SMILES string of the molecule is O=C(NCC1CC=CCC1)c1cc(Br)c(Br)s1. The van der Waals surface area contributed by atoms with Crippen LogP contribution in [0.2, 0.25) is 0 Å². The number of thiophene rings is 1. The monoisotopic (exact) mass is 377 g/mol. The van der Waals surface area contributed by atoms with Crippen molar-refractivity contribution in [2.45, 2.75) is 19.3 Å². The van der Waals surface area contributed by atoms with Crippen LogP contribution in [0.5, 0.6) is 0 Å². The van der Waals surface area contributed by atoms with Crippen LogP contribution in [0.3, 0.4) is 0 Å². The molecular formula is C12H13Br2NOS. The molecule has 1 atom stereocenters. The molecule has 0 saturated heterocycles. The van der Waals surface area contributed by atoms with E-state index in [0.29, 0.717) is 5.92 Å². The first-order valence-corrected chi connectivity index (χ1v) is 7.95. The summed E-state index contributed by atoms with van der Waals surface area (Å²) < 4.78 is 1.90. The zero-order chi connectivity index (χ0) is 12.3. The average Bonchev–Trinajstić information content (AvgIpc) is 2.68. The molecule has 92 valence electrons. The van der Waals surface area contributed by atoms with Crippen LogP contribution in [-0.4, -0.2) is 12.5 Å². The van der Waals surface area contributed by atoms with Gasteiger partial charge in [0, 0.05) is 11.0 Å². The van der Waals surface area contributed by atoms with Gasteiger partial charge in [-0.05, 0) is 63.1 Å². The van der Waals surface area contributed by atoms with Crippen molar-refractivity contribution in [1.29, 1.82) is 0 Å². The summed E-state index contributed by atoms with van der Waals surface area (Å²) in [5.74, 6) is 0.617. The van der Waals surface area contributed by atoms with E-state index in [4.69, 9.17) is 0 Å². The second kappa shape index (κ2) is 6.16. The molecule has 0 bridgehead atoms. The van der Waals surface area contributed by atoms with Gasteiger partial charge in [0.25, 0.3) is 5.91 Å². The van der Waals surface area contributed by atoms with Gasteiger partial charge < -0.3 is 5.32 Å². The van der Waals surface area contributed by atoms with Crippen molar-refractivity contribution < 1.29 is 4.79 Å². The van der Waals surface area contributed by atoms with E-state index in [-0.39, 0.29) is 5.91 Å². The van der Waals surface area contributed by atoms with Gasteiger partial charge in [-0.3, -0.25) is 4.79 Å². The minimum atomic E-state index is 0.0240. The minimum absolute atomic E-state index is 0.0240. The summed E-state index contributed by atoms with van der Waals surface area (Å²) in [4.78, 5) is 12.6. The molecule has 0 saturated carbocycles. The molecule has 1 unspecified atom stereocenters. The first-order valence-electron chi connectivity index (χ1n) is 5.55. The first-order chi connectivity index (χ1) is 8.16. The van der Waals surface area contributed by atoms with Crippen molar-refractivity contribution in [1.82, 2.24) is 5.32 Å². The normalized spacial score (nSPS) is 19.3. The van der Waals surface area contributed by atoms with Crippen molar-refractivity contribution in [3.8, 4) is 0 Å². The molecule has 5 heteroatoms. The lowest BCUT2D eigenvalue weighted by Gasteiger charge is -2.17. The summed E-state index contributed by atoms with van der Waals surface area (Å²) in [6.45, 7) is 0.774. The maximum absolute atomic E-state index is 11.9. The van der Waals surface area contributed by atoms with E-state index < -0.39 is 0 Å². The smallest absolute Gasteiger partial charge is 0.261 e. The second-order valence-corrected chi connectivity index (χ2v) is 7.32. The highest BCUT2D eigenvalue weighted by Crippen LogP contribution is 2.32. The number of allylic oxidation sites excluding steroid dienone is 2. The number of rotatable bonds is 3. The third-order valence-electron chi connectivity index (χ3n) is 2.80. The lowest BCUT2D eigenvalue weighted by Crippen LogP contribution is -2.29. The molecule has 0 aromatic carbocycles. The van der Waals surface area contributed by atoms with Gasteiger partial charge in [-0.15, -0.1) is 11.3 Å². The second-order valence-electron chi connectivity index (χ2n) is 4.09. The van der Waals surface area contributed by atoms with Gasteiger partial charge in [-0.1, -0.05) is 12.2 Å². The molecule has 1 aromatic rings. The van der Waals surface area contributed by atoms with Gasteiger partial charge in [0.15, 0.2) is 0 Å². The first kappa shape index (κ1) is 13.3. The molecule has 1 aliphatic carbocycles. The van der Waals surface area contributed by atoms with Crippen molar-refractivity contribution >= 4 is 49.1 Å². The largest absolute Gasteiger partial charge is 0.351 e. The van der Waals surface area contributed by atoms with Crippen LogP contribution in [0.4, 0.5) is 0 Å². The number of nitrogens with one attached hydrogen (secondary N) is 1. The molecule has 1 aliphatic rings. The van der Waals surface area contributed by atoms with E-state index in [0.717, 1.165) is 32.5 Å². The Morgan fingerprint density at radius 2 is 2.29 bits per heavy atom. The summed E-state index contributed by atoms with van der Waals surface area (Å²) in [5, 5.41) is 3.01. The number of carbonyl (C=O) groups excluding carboxylic acids is 1. The van der Waals surface area contributed by atoms with E-state index in [1.807, 2.05) is 6.07 Å². The predicted molar refractivity (Wildman–Crippen MR) is 78.5 cm³/mol. The Bertz CT molecular complexity index is 422. The Hall–Kier alpha value is -0.130. The molecule has 0 radical (unpaired) electrons. The lowest BCUT2D eigenvalue weighted by atomic mass is 9.94. The highest BCUT2D eigenvalue weighted by molar-refractivity contribution is 9.13. The Labute approximate surface area is 122 Å². The topological polar surface area (TPSA) is 29.1 Å². The fourth-order valence-electron chi connectivity index (χ4n) is 1.82. The molecule has 0 spiro atoms. The van der Waals surface area contributed by atoms with Crippen molar-refractivity contribution in [2.24, 2.45) is 5.92 Å². The van der Waals surface area contributed by atoms with E-state index in [1.165, 1.54) is 17.8 Å². The molecule has 1 N–H and O–H groups in total. The van der Waals surface area contributed by atoms with Crippen LogP contribution in [0.25, 0.3) is 0 Å².